The van der Waals surface area contributed by atoms with E-state index in [0.717, 1.165) is 32.1 Å². The Morgan fingerprint density at radius 1 is 1.00 bits per heavy atom. The summed E-state index contributed by atoms with van der Waals surface area (Å²) in [6, 6.07) is 16.5. The summed E-state index contributed by atoms with van der Waals surface area (Å²) < 4.78 is 16.8. The van der Waals surface area contributed by atoms with Gasteiger partial charge in [-0.3, -0.25) is 14.5 Å². The molecule has 5 rings (SSSR count). The molecule has 1 aliphatic carbocycles. The first-order valence-electron chi connectivity index (χ1n) is 12.8. The van der Waals surface area contributed by atoms with Gasteiger partial charge in [0, 0.05) is 16.6 Å². The van der Waals surface area contributed by atoms with Gasteiger partial charge in [0.2, 0.25) is 12.0 Å². The maximum absolute atomic E-state index is 14.2. The SMILES string of the molecule is COC(=O)c1cccc(N(C(=O)[C@H]2COc3ccccc3O2)[C@@H](C(=O)NC2CCCCC2)c2cccs2)c1. The fraction of sp³-hybridized carbons (Fsp3) is 0.345. The molecule has 0 unspecified atom stereocenters. The highest BCUT2D eigenvalue weighted by Gasteiger charge is 2.40. The van der Waals surface area contributed by atoms with Crippen LogP contribution in [-0.4, -0.2) is 43.6 Å². The molecule has 8 nitrogen and oxygen atoms in total. The Hall–Kier alpha value is -3.85. The number of anilines is 1. The number of ether oxygens (including phenoxy) is 3. The Morgan fingerprint density at radius 3 is 2.53 bits per heavy atom. The van der Waals surface area contributed by atoms with Crippen LogP contribution in [0.25, 0.3) is 0 Å². The molecule has 198 valence electrons. The molecule has 9 heteroatoms. The Bertz CT molecular complexity index is 1290. The molecular formula is C29H30N2O6S. The quantitative estimate of drug-likeness (QED) is 0.434. The molecule has 2 heterocycles. The van der Waals surface area contributed by atoms with E-state index in [4.69, 9.17) is 14.2 Å². The summed E-state index contributed by atoms with van der Waals surface area (Å²) in [6.07, 6.45) is 4.11. The van der Waals surface area contributed by atoms with Crippen molar-refractivity contribution >= 4 is 34.8 Å². The number of fused-ring (bicyclic) bond motifs is 1. The number of nitrogens with one attached hydrogen (secondary N) is 1. The average Bonchev–Trinajstić information content (AvgIpc) is 3.49. The van der Waals surface area contributed by atoms with Crippen LogP contribution in [0.1, 0.15) is 53.4 Å². The lowest BCUT2D eigenvalue weighted by Gasteiger charge is -2.36. The molecule has 0 saturated heterocycles. The minimum atomic E-state index is -0.989. The van der Waals surface area contributed by atoms with Gasteiger partial charge < -0.3 is 19.5 Å². The minimum absolute atomic E-state index is 0.00948. The Morgan fingerprint density at radius 2 is 1.79 bits per heavy atom. The molecule has 0 radical (unpaired) electrons. The molecule has 1 aliphatic heterocycles. The summed E-state index contributed by atoms with van der Waals surface area (Å²) >= 11 is 1.39. The van der Waals surface area contributed by atoms with E-state index < -0.39 is 24.0 Å². The largest absolute Gasteiger partial charge is 0.485 e. The normalized spacial score (nSPS) is 17.8. The highest BCUT2D eigenvalue weighted by molar-refractivity contribution is 7.10. The predicted molar refractivity (Wildman–Crippen MR) is 144 cm³/mol. The second-order valence-electron chi connectivity index (χ2n) is 9.38. The smallest absolute Gasteiger partial charge is 0.337 e. The number of carbonyl (C=O) groups excluding carboxylic acids is 3. The molecule has 2 aliphatic rings. The van der Waals surface area contributed by atoms with Gasteiger partial charge in [0.15, 0.2) is 11.5 Å². The number of hydrogen-bond acceptors (Lipinski definition) is 7. The van der Waals surface area contributed by atoms with E-state index in [-0.39, 0.29) is 24.1 Å². The van der Waals surface area contributed by atoms with Crippen molar-refractivity contribution in [3.05, 3.63) is 76.5 Å². The molecule has 2 aromatic carbocycles. The summed E-state index contributed by atoms with van der Waals surface area (Å²) in [6.45, 7) is -0.00948. The Kier molecular flexibility index (Phi) is 7.93. The van der Waals surface area contributed by atoms with Crippen LogP contribution < -0.4 is 19.7 Å². The number of rotatable bonds is 7. The van der Waals surface area contributed by atoms with E-state index in [1.165, 1.54) is 23.3 Å². The van der Waals surface area contributed by atoms with Crippen LogP contribution in [0.4, 0.5) is 5.69 Å². The van der Waals surface area contributed by atoms with Crippen molar-refractivity contribution in [2.75, 3.05) is 18.6 Å². The average molecular weight is 535 g/mol. The van der Waals surface area contributed by atoms with E-state index in [1.54, 1.807) is 42.5 Å². The highest BCUT2D eigenvalue weighted by Crippen LogP contribution is 2.36. The maximum atomic E-state index is 14.2. The number of para-hydroxylation sites is 2. The van der Waals surface area contributed by atoms with Crippen LogP contribution in [0.5, 0.6) is 11.5 Å². The number of benzene rings is 2. The number of methoxy groups -OCH3 is 1. The van der Waals surface area contributed by atoms with Crippen molar-refractivity contribution in [2.24, 2.45) is 0 Å². The van der Waals surface area contributed by atoms with E-state index in [1.807, 2.05) is 23.6 Å². The number of amides is 2. The van der Waals surface area contributed by atoms with Crippen molar-refractivity contribution in [2.45, 2.75) is 50.3 Å². The van der Waals surface area contributed by atoms with Crippen molar-refractivity contribution in [3.63, 3.8) is 0 Å². The number of thiophene rings is 1. The van der Waals surface area contributed by atoms with Gasteiger partial charge in [0.25, 0.3) is 5.91 Å². The van der Waals surface area contributed by atoms with Crippen LogP contribution in [0.2, 0.25) is 0 Å². The Balaban J connectivity index is 1.54. The summed E-state index contributed by atoms with van der Waals surface area (Å²) in [4.78, 5) is 42.6. The van der Waals surface area contributed by atoms with Gasteiger partial charge in [-0.15, -0.1) is 11.3 Å². The third-order valence-electron chi connectivity index (χ3n) is 6.84. The number of carbonyl (C=O) groups is 3. The number of esters is 1. The lowest BCUT2D eigenvalue weighted by atomic mass is 9.95. The van der Waals surface area contributed by atoms with Gasteiger partial charge >= 0.3 is 5.97 Å². The summed E-state index contributed by atoms with van der Waals surface area (Å²) in [5.41, 5.74) is 0.657. The van der Waals surface area contributed by atoms with Crippen LogP contribution >= 0.6 is 11.3 Å². The van der Waals surface area contributed by atoms with Crippen molar-refractivity contribution in [1.29, 1.82) is 0 Å². The number of hydrogen-bond donors (Lipinski definition) is 1. The van der Waals surface area contributed by atoms with Crippen molar-refractivity contribution in [1.82, 2.24) is 5.32 Å². The molecule has 1 saturated carbocycles. The third-order valence-corrected chi connectivity index (χ3v) is 7.76. The third kappa shape index (κ3) is 5.52. The molecule has 3 aromatic rings. The predicted octanol–water partition coefficient (Wildman–Crippen LogP) is 4.90. The van der Waals surface area contributed by atoms with Gasteiger partial charge in [0.05, 0.1) is 12.7 Å². The topological polar surface area (TPSA) is 94.2 Å². The van der Waals surface area contributed by atoms with Gasteiger partial charge in [-0.25, -0.2) is 4.79 Å². The molecule has 0 bridgehead atoms. The zero-order chi connectivity index (χ0) is 26.5. The zero-order valence-corrected chi connectivity index (χ0v) is 21.9. The van der Waals surface area contributed by atoms with Gasteiger partial charge in [-0.2, -0.15) is 0 Å². The second kappa shape index (κ2) is 11.7. The molecule has 0 spiro atoms. The standard InChI is InChI=1S/C29H30N2O6S/c1-35-29(34)19-9-7-12-21(17-19)31(28(33)24-18-36-22-13-5-6-14-23(22)37-24)26(25-15-8-16-38-25)27(32)30-20-10-3-2-4-11-20/h5-9,12-17,20,24,26H,2-4,10-11,18H2,1H3,(H,30,32)/t24-,26-/m1/s1. The van der Waals surface area contributed by atoms with Crippen molar-refractivity contribution < 1.29 is 28.6 Å². The zero-order valence-electron chi connectivity index (χ0n) is 21.1. The van der Waals surface area contributed by atoms with E-state index in [2.05, 4.69) is 5.32 Å². The summed E-state index contributed by atoms with van der Waals surface area (Å²) in [5, 5.41) is 5.06. The molecule has 1 N–H and O–H groups in total. The van der Waals surface area contributed by atoms with Gasteiger partial charge in [0.1, 0.15) is 12.6 Å². The molecule has 1 fully saturated rings. The van der Waals surface area contributed by atoms with E-state index >= 15 is 0 Å². The number of nitrogens with zero attached hydrogens (tertiary/aromatic N) is 1. The maximum Gasteiger partial charge on any atom is 0.337 e. The Labute approximate surface area is 225 Å². The van der Waals surface area contributed by atoms with Crippen LogP contribution in [0.15, 0.2) is 66.0 Å². The fourth-order valence-corrected chi connectivity index (χ4v) is 5.76. The molecule has 2 atom stereocenters. The molecule has 38 heavy (non-hydrogen) atoms. The highest BCUT2D eigenvalue weighted by atomic mass is 32.1. The van der Waals surface area contributed by atoms with Gasteiger partial charge in [-0.1, -0.05) is 43.5 Å². The first-order valence-corrected chi connectivity index (χ1v) is 13.7. The lowest BCUT2D eigenvalue weighted by Crippen LogP contribution is -2.52. The van der Waals surface area contributed by atoms with Crippen molar-refractivity contribution in [3.8, 4) is 11.5 Å². The first kappa shape index (κ1) is 25.8. The summed E-state index contributed by atoms with van der Waals surface area (Å²) in [5.74, 6) is -0.239. The lowest BCUT2D eigenvalue weighted by molar-refractivity contribution is -0.132. The minimum Gasteiger partial charge on any atom is -0.485 e. The molecule has 2 amide bonds. The van der Waals surface area contributed by atoms with E-state index in [0.29, 0.717) is 22.1 Å². The van der Waals surface area contributed by atoms with E-state index in [9.17, 15) is 14.4 Å². The first-order chi connectivity index (χ1) is 18.5. The monoisotopic (exact) mass is 534 g/mol. The summed E-state index contributed by atoms with van der Waals surface area (Å²) in [7, 11) is 1.30. The second-order valence-corrected chi connectivity index (χ2v) is 10.4. The van der Waals surface area contributed by atoms with Crippen LogP contribution in [0.3, 0.4) is 0 Å². The molecular weight excluding hydrogens is 504 g/mol. The fourth-order valence-electron chi connectivity index (χ4n) is 4.95. The molecule has 1 aromatic heterocycles. The van der Waals surface area contributed by atoms with Crippen LogP contribution in [0, 0.1) is 0 Å². The van der Waals surface area contributed by atoms with Gasteiger partial charge in [-0.05, 0) is 54.6 Å². The van der Waals surface area contributed by atoms with Crippen LogP contribution in [-0.2, 0) is 14.3 Å².